The van der Waals surface area contributed by atoms with E-state index in [-0.39, 0.29) is 11.9 Å². The number of hydrogen-bond donors (Lipinski definition) is 1. The van der Waals surface area contributed by atoms with Gasteiger partial charge in [0.1, 0.15) is 0 Å². The lowest BCUT2D eigenvalue weighted by molar-refractivity contribution is -0.121. The van der Waals surface area contributed by atoms with Crippen LogP contribution in [0.25, 0.3) is 0 Å². The van der Waals surface area contributed by atoms with Crippen LogP contribution >= 0.6 is 0 Å². The summed E-state index contributed by atoms with van der Waals surface area (Å²) in [5, 5.41) is 2.99. The second-order valence-corrected chi connectivity index (χ2v) is 4.54. The highest BCUT2D eigenvalue weighted by molar-refractivity contribution is 5.76. The van der Waals surface area contributed by atoms with E-state index in [2.05, 4.69) is 36.2 Å². The third-order valence-electron chi connectivity index (χ3n) is 3.13. The summed E-state index contributed by atoms with van der Waals surface area (Å²) in [4.78, 5) is 13.9. The maximum atomic E-state index is 11.7. The number of nitrogens with zero attached hydrogens (tertiary/aromatic N) is 1. The molecule has 0 heterocycles. The molecule has 1 unspecified atom stereocenters. The van der Waals surface area contributed by atoms with Crippen molar-refractivity contribution in [3.05, 3.63) is 30.3 Å². The van der Waals surface area contributed by atoms with Crippen LogP contribution in [0, 0.1) is 0 Å². The maximum Gasteiger partial charge on any atom is 0.221 e. The van der Waals surface area contributed by atoms with Gasteiger partial charge < -0.3 is 10.2 Å². The van der Waals surface area contributed by atoms with Crippen LogP contribution in [-0.2, 0) is 4.79 Å². The van der Waals surface area contributed by atoms with Gasteiger partial charge in [0.2, 0.25) is 5.91 Å². The molecule has 0 saturated heterocycles. The second kappa shape index (κ2) is 7.75. The summed E-state index contributed by atoms with van der Waals surface area (Å²) in [6.45, 7) is 7.91. The van der Waals surface area contributed by atoms with Crippen LogP contribution in [0.3, 0.4) is 0 Å². The Morgan fingerprint density at radius 3 is 2.50 bits per heavy atom. The van der Waals surface area contributed by atoms with Crippen LogP contribution in [0.4, 0.5) is 5.69 Å². The van der Waals surface area contributed by atoms with Crippen molar-refractivity contribution in [3.8, 4) is 0 Å². The molecule has 1 rings (SSSR count). The summed E-state index contributed by atoms with van der Waals surface area (Å²) in [5.41, 5.74) is 1.18. The Bertz CT molecular complexity index is 351. The lowest BCUT2D eigenvalue weighted by Gasteiger charge is -2.23. The van der Waals surface area contributed by atoms with Crippen molar-refractivity contribution in [2.24, 2.45) is 0 Å². The molecule has 100 valence electrons. The predicted molar refractivity (Wildman–Crippen MR) is 76.8 cm³/mol. The van der Waals surface area contributed by atoms with E-state index in [4.69, 9.17) is 0 Å². The van der Waals surface area contributed by atoms with Crippen molar-refractivity contribution in [2.75, 3.05) is 18.0 Å². The summed E-state index contributed by atoms with van der Waals surface area (Å²) in [5.74, 6) is 0.138. The highest BCUT2D eigenvalue weighted by atomic mass is 16.1. The molecule has 1 amide bonds. The number of anilines is 1. The number of benzene rings is 1. The first-order valence-electron chi connectivity index (χ1n) is 6.76. The van der Waals surface area contributed by atoms with Gasteiger partial charge in [-0.1, -0.05) is 25.1 Å². The van der Waals surface area contributed by atoms with Crippen molar-refractivity contribution < 1.29 is 4.79 Å². The van der Waals surface area contributed by atoms with Crippen LogP contribution in [0.15, 0.2) is 30.3 Å². The zero-order valence-electron chi connectivity index (χ0n) is 11.6. The van der Waals surface area contributed by atoms with Gasteiger partial charge in [0.25, 0.3) is 0 Å². The Morgan fingerprint density at radius 2 is 1.94 bits per heavy atom. The SMILES string of the molecule is CCC(C)NC(=O)CCN(CC)c1ccccc1. The molecular formula is C15H24N2O. The van der Waals surface area contributed by atoms with E-state index in [0.717, 1.165) is 19.5 Å². The normalized spacial score (nSPS) is 11.9. The van der Waals surface area contributed by atoms with Crippen LogP contribution in [-0.4, -0.2) is 25.0 Å². The van der Waals surface area contributed by atoms with E-state index in [1.807, 2.05) is 25.1 Å². The molecule has 0 radical (unpaired) electrons. The highest BCUT2D eigenvalue weighted by Crippen LogP contribution is 2.12. The smallest absolute Gasteiger partial charge is 0.221 e. The minimum Gasteiger partial charge on any atom is -0.371 e. The first-order chi connectivity index (χ1) is 8.67. The molecule has 0 spiro atoms. The fraction of sp³-hybridized carbons (Fsp3) is 0.533. The Morgan fingerprint density at radius 1 is 1.28 bits per heavy atom. The number of rotatable bonds is 7. The molecule has 1 aromatic carbocycles. The van der Waals surface area contributed by atoms with Gasteiger partial charge in [-0.05, 0) is 32.4 Å². The van der Waals surface area contributed by atoms with Crippen LogP contribution < -0.4 is 10.2 Å². The quantitative estimate of drug-likeness (QED) is 0.804. The molecule has 0 bridgehead atoms. The van der Waals surface area contributed by atoms with Gasteiger partial charge in [-0.2, -0.15) is 0 Å². The maximum absolute atomic E-state index is 11.7. The molecule has 0 aliphatic rings. The van der Waals surface area contributed by atoms with Crippen molar-refractivity contribution in [1.29, 1.82) is 0 Å². The largest absolute Gasteiger partial charge is 0.371 e. The molecule has 3 nitrogen and oxygen atoms in total. The highest BCUT2D eigenvalue weighted by Gasteiger charge is 2.08. The molecule has 0 aliphatic heterocycles. The molecule has 18 heavy (non-hydrogen) atoms. The summed E-state index contributed by atoms with van der Waals surface area (Å²) >= 11 is 0. The Hall–Kier alpha value is -1.51. The first-order valence-corrected chi connectivity index (χ1v) is 6.76. The molecule has 0 aromatic heterocycles. The summed E-state index contributed by atoms with van der Waals surface area (Å²) in [7, 11) is 0. The van der Waals surface area contributed by atoms with Crippen molar-refractivity contribution in [3.63, 3.8) is 0 Å². The van der Waals surface area contributed by atoms with E-state index >= 15 is 0 Å². The van der Waals surface area contributed by atoms with E-state index < -0.39 is 0 Å². The van der Waals surface area contributed by atoms with Gasteiger partial charge >= 0.3 is 0 Å². The van der Waals surface area contributed by atoms with Gasteiger partial charge in [-0.15, -0.1) is 0 Å². The van der Waals surface area contributed by atoms with Crippen molar-refractivity contribution in [1.82, 2.24) is 5.32 Å². The van der Waals surface area contributed by atoms with Crippen molar-refractivity contribution >= 4 is 11.6 Å². The average molecular weight is 248 g/mol. The predicted octanol–water partition coefficient (Wildman–Crippen LogP) is 2.82. The van der Waals surface area contributed by atoms with Crippen LogP contribution in [0.2, 0.25) is 0 Å². The van der Waals surface area contributed by atoms with Gasteiger partial charge in [-0.3, -0.25) is 4.79 Å². The average Bonchev–Trinajstić information content (AvgIpc) is 2.40. The Kier molecular flexibility index (Phi) is 6.26. The third kappa shape index (κ3) is 4.78. The fourth-order valence-electron chi connectivity index (χ4n) is 1.79. The summed E-state index contributed by atoms with van der Waals surface area (Å²) < 4.78 is 0. The monoisotopic (exact) mass is 248 g/mol. The molecule has 0 saturated carbocycles. The first kappa shape index (κ1) is 14.6. The number of carbonyl (C=O) groups excluding carboxylic acids is 1. The molecule has 1 aromatic rings. The molecule has 0 aliphatic carbocycles. The zero-order chi connectivity index (χ0) is 13.4. The number of para-hydroxylation sites is 1. The molecular weight excluding hydrogens is 224 g/mol. The topological polar surface area (TPSA) is 32.3 Å². The van der Waals surface area contributed by atoms with Gasteiger partial charge in [-0.25, -0.2) is 0 Å². The molecule has 0 fully saturated rings. The van der Waals surface area contributed by atoms with E-state index in [9.17, 15) is 4.79 Å². The lowest BCUT2D eigenvalue weighted by atomic mass is 10.2. The second-order valence-electron chi connectivity index (χ2n) is 4.54. The minimum absolute atomic E-state index is 0.138. The van der Waals surface area contributed by atoms with Gasteiger partial charge in [0, 0.05) is 31.2 Å². The molecule has 1 atom stereocenters. The van der Waals surface area contributed by atoms with Gasteiger partial charge in [0.15, 0.2) is 0 Å². The third-order valence-corrected chi connectivity index (χ3v) is 3.13. The van der Waals surface area contributed by atoms with Crippen molar-refractivity contribution in [2.45, 2.75) is 39.7 Å². The number of nitrogens with one attached hydrogen (secondary N) is 1. The van der Waals surface area contributed by atoms with E-state index in [1.165, 1.54) is 5.69 Å². The lowest BCUT2D eigenvalue weighted by Crippen LogP contribution is -2.35. The number of carbonyl (C=O) groups is 1. The minimum atomic E-state index is 0.138. The van der Waals surface area contributed by atoms with E-state index in [0.29, 0.717) is 6.42 Å². The van der Waals surface area contributed by atoms with Gasteiger partial charge in [0.05, 0.1) is 0 Å². The Balaban J connectivity index is 2.43. The van der Waals surface area contributed by atoms with E-state index in [1.54, 1.807) is 0 Å². The zero-order valence-corrected chi connectivity index (χ0v) is 11.6. The summed E-state index contributed by atoms with van der Waals surface area (Å²) in [6.07, 6.45) is 1.52. The van der Waals surface area contributed by atoms with Crippen LogP contribution in [0.1, 0.15) is 33.6 Å². The van der Waals surface area contributed by atoms with Crippen LogP contribution in [0.5, 0.6) is 0 Å². The Labute approximate surface area is 110 Å². The number of hydrogen-bond acceptors (Lipinski definition) is 2. The summed E-state index contributed by atoms with van der Waals surface area (Å²) in [6, 6.07) is 10.5. The number of amides is 1. The fourth-order valence-corrected chi connectivity index (χ4v) is 1.79. The molecule has 1 N–H and O–H groups in total. The standard InChI is InChI=1S/C15H24N2O/c1-4-13(3)16-15(18)11-12-17(5-2)14-9-7-6-8-10-14/h6-10,13H,4-5,11-12H2,1-3H3,(H,16,18). The molecule has 3 heteroatoms.